The van der Waals surface area contributed by atoms with E-state index in [2.05, 4.69) is 71.7 Å². The minimum Gasteiger partial charge on any atom is -0.330 e. The third-order valence-electron chi connectivity index (χ3n) is 4.57. The van der Waals surface area contributed by atoms with Gasteiger partial charge in [-0.2, -0.15) is 5.10 Å². The number of hydrogen-bond donors (Lipinski definition) is 1. The van der Waals surface area contributed by atoms with Crippen LogP contribution in [0.25, 0.3) is 11.0 Å². The highest BCUT2D eigenvalue weighted by molar-refractivity contribution is 5.75. The summed E-state index contributed by atoms with van der Waals surface area (Å²) in [6.45, 7) is 10.5. The first kappa shape index (κ1) is 16.7. The van der Waals surface area contributed by atoms with Gasteiger partial charge >= 0.3 is 0 Å². The Morgan fingerprint density at radius 2 is 1.92 bits per heavy atom. The summed E-state index contributed by atoms with van der Waals surface area (Å²) in [4.78, 5) is 4.77. The molecule has 0 aliphatic rings. The van der Waals surface area contributed by atoms with Crippen molar-refractivity contribution < 1.29 is 0 Å². The first-order chi connectivity index (χ1) is 11.5. The van der Waals surface area contributed by atoms with E-state index in [0.29, 0.717) is 5.92 Å². The van der Waals surface area contributed by atoms with Gasteiger partial charge in [0.15, 0.2) is 0 Å². The Hall–Kier alpha value is -2.14. The molecule has 1 aromatic carbocycles. The van der Waals surface area contributed by atoms with Crippen molar-refractivity contribution in [3.05, 3.63) is 47.5 Å². The maximum atomic E-state index is 4.77. The number of fused-ring (bicyclic) bond motifs is 1. The van der Waals surface area contributed by atoms with Gasteiger partial charge in [0.05, 0.1) is 22.8 Å². The second-order valence-corrected chi connectivity index (χ2v) is 6.86. The molecule has 2 aromatic heterocycles. The summed E-state index contributed by atoms with van der Waals surface area (Å²) >= 11 is 0. The molecule has 24 heavy (non-hydrogen) atoms. The lowest BCUT2D eigenvalue weighted by Crippen LogP contribution is -2.28. The van der Waals surface area contributed by atoms with Crippen molar-refractivity contribution in [2.45, 2.75) is 40.3 Å². The van der Waals surface area contributed by atoms with Gasteiger partial charge in [-0.05, 0) is 44.9 Å². The number of rotatable bonds is 6. The largest absolute Gasteiger partial charge is 0.330 e. The molecule has 0 aliphatic heterocycles. The average molecular weight is 325 g/mol. The lowest BCUT2D eigenvalue weighted by atomic mass is 10.1. The molecule has 0 bridgehead atoms. The highest BCUT2D eigenvalue weighted by atomic mass is 15.3. The van der Waals surface area contributed by atoms with Crippen LogP contribution in [0, 0.1) is 19.8 Å². The topological polar surface area (TPSA) is 47.7 Å². The zero-order chi connectivity index (χ0) is 17.3. The lowest BCUT2D eigenvalue weighted by Gasteiger charge is -2.18. The van der Waals surface area contributed by atoms with Gasteiger partial charge in [-0.15, -0.1) is 0 Å². The van der Waals surface area contributed by atoms with Crippen LogP contribution in [0.1, 0.15) is 37.1 Å². The number of nitrogens with zero attached hydrogens (tertiary/aromatic N) is 4. The quantitative estimate of drug-likeness (QED) is 0.756. The van der Waals surface area contributed by atoms with Crippen LogP contribution >= 0.6 is 0 Å². The molecule has 0 spiro atoms. The normalized spacial score (nSPS) is 14.2. The molecule has 5 nitrogen and oxygen atoms in total. The molecule has 5 heteroatoms. The summed E-state index contributed by atoms with van der Waals surface area (Å²) in [7, 11) is 2.09. The molecule has 0 saturated heterocycles. The molecule has 2 heterocycles. The summed E-state index contributed by atoms with van der Waals surface area (Å²) in [6.07, 6.45) is 0. The number of aromatic nitrogens is 4. The van der Waals surface area contributed by atoms with Gasteiger partial charge in [0.1, 0.15) is 5.82 Å². The second-order valence-electron chi connectivity index (χ2n) is 6.86. The average Bonchev–Trinajstić information content (AvgIpc) is 3.05. The standard InChI is InChI=1S/C19H27N5/c1-13(12-24-15(3)10-14(2)22-24)11-20-16(4)19-21-17-8-6-7-9-18(17)23(19)5/h6-10,13,16,20H,11-12H2,1-5H3/t13-,16+/m1/s1. The molecule has 0 radical (unpaired) electrons. The maximum Gasteiger partial charge on any atom is 0.126 e. The van der Waals surface area contributed by atoms with Gasteiger partial charge in [0, 0.05) is 25.8 Å². The molecule has 0 fully saturated rings. The van der Waals surface area contributed by atoms with Crippen LogP contribution in [-0.2, 0) is 13.6 Å². The van der Waals surface area contributed by atoms with Gasteiger partial charge in [-0.1, -0.05) is 19.1 Å². The van der Waals surface area contributed by atoms with Gasteiger partial charge in [0.25, 0.3) is 0 Å². The minimum atomic E-state index is 0.213. The molecule has 3 aromatic rings. The van der Waals surface area contributed by atoms with Crippen LogP contribution < -0.4 is 5.32 Å². The smallest absolute Gasteiger partial charge is 0.126 e. The summed E-state index contributed by atoms with van der Waals surface area (Å²) in [5.74, 6) is 1.58. The van der Waals surface area contributed by atoms with Crippen molar-refractivity contribution in [2.24, 2.45) is 13.0 Å². The van der Waals surface area contributed by atoms with E-state index in [4.69, 9.17) is 4.98 Å². The highest BCUT2D eigenvalue weighted by Crippen LogP contribution is 2.19. The molecular weight excluding hydrogens is 298 g/mol. The van der Waals surface area contributed by atoms with Crippen LogP contribution in [0.3, 0.4) is 0 Å². The van der Waals surface area contributed by atoms with E-state index in [1.165, 1.54) is 11.2 Å². The zero-order valence-electron chi connectivity index (χ0n) is 15.2. The van der Waals surface area contributed by atoms with Crippen LogP contribution in [0.15, 0.2) is 30.3 Å². The minimum absolute atomic E-state index is 0.213. The Morgan fingerprint density at radius 3 is 2.58 bits per heavy atom. The summed E-state index contributed by atoms with van der Waals surface area (Å²) in [6, 6.07) is 10.6. The van der Waals surface area contributed by atoms with Crippen LogP contribution in [0.5, 0.6) is 0 Å². The fourth-order valence-electron chi connectivity index (χ4n) is 3.24. The van der Waals surface area contributed by atoms with Crippen LogP contribution in [0.4, 0.5) is 0 Å². The van der Waals surface area contributed by atoms with E-state index in [0.717, 1.165) is 30.1 Å². The van der Waals surface area contributed by atoms with Crippen molar-refractivity contribution in [3.63, 3.8) is 0 Å². The number of hydrogen-bond acceptors (Lipinski definition) is 3. The van der Waals surface area contributed by atoms with E-state index in [9.17, 15) is 0 Å². The highest BCUT2D eigenvalue weighted by Gasteiger charge is 2.15. The Labute approximate surface area is 143 Å². The van der Waals surface area contributed by atoms with Gasteiger partial charge in [-0.3, -0.25) is 4.68 Å². The van der Waals surface area contributed by atoms with Gasteiger partial charge < -0.3 is 9.88 Å². The molecule has 0 saturated carbocycles. The fraction of sp³-hybridized carbons (Fsp3) is 0.474. The second kappa shape index (κ2) is 6.77. The van der Waals surface area contributed by atoms with E-state index in [1.807, 2.05) is 13.0 Å². The van der Waals surface area contributed by atoms with E-state index in [1.54, 1.807) is 0 Å². The first-order valence-corrected chi connectivity index (χ1v) is 8.61. The molecule has 0 amide bonds. The van der Waals surface area contributed by atoms with Crippen molar-refractivity contribution >= 4 is 11.0 Å². The molecule has 0 aliphatic carbocycles. The van der Waals surface area contributed by atoms with E-state index >= 15 is 0 Å². The third-order valence-corrected chi connectivity index (χ3v) is 4.57. The van der Waals surface area contributed by atoms with Gasteiger partial charge in [-0.25, -0.2) is 4.98 Å². The van der Waals surface area contributed by atoms with E-state index < -0.39 is 0 Å². The molecular formula is C19H27N5. The predicted molar refractivity (Wildman–Crippen MR) is 98.0 cm³/mol. The predicted octanol–water partition coefficient (Wildman–Crippen LogP) is 3.37. The van der Waals surface area contributed by atoms with Crippen molar-refractivity contribution in [2.75, 3.05) is 6.54 Å². The Bertz CT molecular complexity index is 830. The molecule has 128 valence electrons. The van der Waals surface area contributed by atoms with Crippen molar-refractivity contribution in [1.82, 2.24) is 24.6 Å². The number of imidazole rings is 1. The zero-order valence-corrected chi connectivity index (χ0v) is 15.2. The maximum absolute atomic E-state index is 4.77. The molecule has 3 rings (SSSR count). The Balaban J connectivity index is 1.63. The fourth-order valence-corrected chi connectivity index (χ4v) is 3.24. The SMILES string of the molecule is Cc1cc(C)n(C[C@H](C)CN[C@@H](C)c2nc3ccccc3n2C)n1. The summed E-state index contributed by atoms with van der Waals surface area (Å²) < 4.78 is 4.28. The van der Waals surface area contributed by atoms with Crippen LogP contribution in [0.2, 0.25) is 0 Å². The van der Waals surface area contributed by atoms with E-state index in [-0.39, 0.29) is 6.04 Å². The summed E-state index contributed by atoms with van der Waals surface area (Å²) in [5, 5.41) is 8.17. The lowest BCUT2D eigenvalue weighted by molar-refractivity contribution is 0.391. The Morgan fingerprint density at radius 1 is 1.17 bits per heavy atom. The number of benzene rings is 1. The van der Waals surface area contributed by atoms with Gasteiger partial charge in [0.2, 0.25) is 0 Å². The van der Waals surface area contributed by atoms with Crippen LogP contribution in [-0.4, -0.2) is 25.9 Å². The van der Waals surface area contributed by atoms with Crippen molar-refractivity contribution in [3.8, 4) is 0 Å². The monoisotopic (exact) mass is 325 g/mol. The first-order valence-electron chi connectivity index (χ1n) is 8.61. The summed E-state index contributed by atoms with van der Waals surface area (Å²) in [5.41, 5.74) is 4.54. The molecule has 0 unspecified atom stereocenters. The molecule has 2 atom stereocenters. The number of aryl methyl sites for hydroxylation is 3. The Kier molecular flexibility index (Phi) is 4.71. The number of para-hydroxylation sites is 2. The number of nitrogens with one attached hydrogen (secondary N) is 1. The molecule has 1 N–H and O–H groups in total. The third kappa shape index (κ3) is 3.36. The van der Waals surface area contributed by atoms with Crippen molar-refractivity contribution in [1.29, 1.82) is 0 Å².